The van der Waals surface area contributed by atoms with Gasteiger partial charge < -0.3 is 9.69 Å². The molecule has 2 heteroatoms. The van der Waals surface area contributed by atoms with E-state index in [4.69, 9.17) is 0 Å². The Morgan fingerprint density at radius 1 is 1.14 bits per heavy atom. The van der Waals surface area contributed by atoms with Crippen molar-refractivity contribution >= 4 is 12.0 Å². The lowest BCUT2D eigenvalue weighted by Gasteiger charge is -2.17. The van der Waals surface area contributed by atoms with E-state index >= 15 is 0 Å². The topological polar surface area (TPSA) is 20.3 Å². The Balaban J connectivity index is 2.08. The molecule has 0 aromatic heterocycles. The average Bonchev–Trinajstić information content (AvgIpc) is 2.72. The Hall–Kier alpha value is -1.31. The van der Waals surface area contributed by atoms with Crippen molar-refractivity contribution in [3.05, 3.63) is 29.8 Å². The van der Waals surface area contributed by atoms with Crippen molar-refractivity contribution in [2.24, 2.45) is 0 Å². The van der Waals surface area contributed by atoms with Gasteiger partial charge in [0.2, 0.25) is 0 Å². The van der Waals surface area contributed by atoms with Crippen molar-refractivity contribution in [2.45, 2.75) is 19.3 Å². The maximum atomic E-state index is 10.3. The first-order valence-electron chi connectivity index (χ1n) is 5.17. The van der Waals surface area contributed by atoms with Gasteiger partial charge in [0.25, 0.3) is 0 Å². The number of aldehydes is 1. The van der Waals surface area contributed by atoms with Crippen LogP contribution in [-0.2, 0) is 11.2 Å². The lowest BCUT2D eigenvalue weighted by molar-refractivity contribution is -0.107. The minimum absolute atomic E-state index is 0.528. The molecule has 0 N–H and O–H groups in total. The average molecular weight is 189 g/mol. The van der Waals surface area contributed by atoms with E-state index in [0.717, 1.165) is 11.8 Å². The molecule has 0 spiro atoms. The summed E-state index contributed by atoms with van der Waals surface area (Å²) in [4.78, 5) is 12.7. The highest BCUT2D eigenvalue weighted by molar-refractivity contribution is 5.57. The van der Waals surface area contributed by atoms with E-state index in [2.05, 4.69) is 17.0 Å². The third-order valence-corrected chi connectivity index (χ3v) is 2.73. The molecule has 1 aliphatic heterocycles. The Bertz CT molecular complexity index is 299. The molecule has 2 rings (SSSR count). The minimum atomic E-state index is 0.528. The fourth-order valence-electron chi connectivity index (χ4n) is 1.91. The number of carbonyl (C=O) groups is 1. The second-order valence-electron chi connectivity index (χ2n) is 3.73. The lowest BCUT2D eigenvalue weighted by atomic mass is 10.1. The second-order valence-corrected chi connectivity index (χ2v) is 3.73. The van der Waals surface area contributed by atoms with Gasteiger partial charge in [-0.2, -0.15) is 0 Å². The largest absolute Gasteiger partial charge is 0.372 e. The second kappa shape index (κ2) is 4.27. The summed E-state index contributed by atoms with van der Waals surface area (Å²) in [5, 5.41) is 0. The van der Waals surface area contributed by atoms with E-state index in [9.17, 15) is 4.79 Å². The van der Waals surface area contributed by atoms with Gasteiger partial charge in [0, 0.05) is 25.2 Å². The van der Waals surface area contributed by atoms with Crippen LogP contribution in [0, 0.1) is 0 Å². The van der Waals surface area contributed by atoms with Gasteiger partial charge in [-0.1, -0.05) is 12.1 Å². The van der Waals surface area contributed by atoms with Crippen molar-refractivity contribution in [2.75, 3.05) is 18.0 Å². The summed E-state index contributed by atoms with van der Waals surface area (Å²) in [7, 11) is 0. The fourth-order valence-corrected chi connectivity index (χ4v) is 1.91. The Morgan fingerprint density at radius 3 is 2.36 bits per heavy atom. The molecule has 1 saturated heterocycles. The smallest absolute Gasteiger partial charge is 0.124 e. The monoisotopic (exact) mass is 189 g/mol. The van der Waals surface area contributed by atoms with Crippen molar-refractivity contribution < 1.29 is 4.79 Å². The zero-order valence-corrected chi connectivity index (χ0v) is 8.28. The fraction of sp³-hybridized carbons (Fsp3) is 0.417. The summed E-state index contributed by atoms with van der Waals surface area (Å²) in [5.41, 5.74) is 2.39. The molecule has 0 atom stereocenters. The highest BCUT2D eigenvalue weighted by atomic mass is 16.1. The molecule has 1 aliphatic rings. The first-order valence-corrected chi connectivity index (χ1v) is 5.17. The zero-order valence-electron chi connectivity index (χ0n) is 8.28. The van der Waals surface area contributed by atoms with Gasteiger partial charge in [-0.15, -0.1) is 0 Å². The van der Waals surface area contributed by atoms with Gasteiger partial charge in [0.1, 0.15) is 6.29 Å². The Kier molecular flexibility index (Phi) is 2.82. The number of nitrogens with zero attached hydrogens (tertiary/aromatic N) is 1. The molecule has 74 valence electrons. The summed E-state index contributed by atoms with van der Waals surface area (Å²) >= 11 is 0. The lowest BCUT2D eigenvalue weighted by Crippen LogP contribution is -2.17. The van der Waals surface area contributed by atoms with Gasteiger partial charge >= 0.3 is 0 Å². The molecular weight excluding hydrogens is 174 g/mol. The van der Waals surface area contributed by atoms with E-state index in [1.165, 1.54) is 31.6 Å². The highest BCUT2D eigenvalue weighted by Crippen LogP contribution is 2.20. The summed E-state index contributed by atoms with van der Waals surface area (Å²) < 4.78 is 0. The van der Waals surface area contributed by atoms with Crippen LogP contribution in [0.15, 0.2) is 24.3 Å². The summed E-state index contributed by atoms with van der Waals surface area (Å²) in [6.45, 7) is 2.35. The van der Waals surface area contributed by atoms with Gasteiger partial charge in [-0.05, 0) is 30.5 Å². The van der Waals surface area contributed by atoms with Crippen LogP contribution < -0.4 is 4.90 Å². The number of rotatable bonds is 3. The molecule has 1 aromatic carbocycles. The summed E-state index contributed by atoms with van der Waals surface area (Å²) in [6.07, 6.45) is 4.08. The Labute approximate surface area is 84.5 Å². The predicted molar refractivity (Wildman–Crippen MR) is 57.7 cm³/mol. The molecule has 1 heterocycles. The van der Waals surface area contributed by atoms with E-state index in [1.54, 1.807) is 0 Å². The molecule has 14 heavy (non-hydrogen) atoms. The van der Waals surface area contributed by atoms with E-state index in [0.29, 0.717) is 6.42 Å². The predicted octanol–water partition coefficient (Wildman–Crippen LogP) is 2.03. The normalized spacial score (nSPS) is 15.9. The maximum absolute atomic E-state index is 10.3. The molecule has 0 saturated carbocycles. The van der Waals surface area contributed by atoms with Crippen LogP contribution in [0.4, 0.5) is 5.69 Å². The van der Waals surface area contributed by atoms with Gasteiger partial charge in [-0.25, -0.2) is 0 Å². The molecule has 0 unspecified atom stereocenters. The van der Waals surface area contributed by atoms with E-state index in [1.807, 2.05) is 12.1 Å². The zero-order chi connectivity index (χ0) is 9.80. The maximum Gasteiger partial charge on any atom is 0.124 e. The number of hydrogen-bond acceptors (Lipinski definition) is 2. The number of benzene rings is 1. The molecule has 0 bridgehead atoms. The van der Waals surface area contributed by atoms with Crippen LogP contribution in [0.3, 0.4) is 0 Å². The van der Waals surface area contributed by atoms with Crippen molar-refractivity contribution in [3.8, 4) is 0 Å². The number of anilines is 1. The van der Waals surface area contributed by atoms with Crippen LogP contribution in [0.25, 0.3) is 0 Å². The Morgan fingerprint density at radius 2 is 1.79 bits per heavy atom. The van der Waals surface area contributed by atoms with Crippen molar-refractivity contribution in [3.63, 3.8) is 0 Å². The highest BCUT2D eigenvalue weighted by Gasteiger charge is 2.11. The minimum Gasteiger partial charge on any atom is -0.372 e. The summed E-state index contributed by atoms with van der Waals surface area (Å²) in [6, 6.07) is 8.32. The molecule has 1 aromatic rings. The van der Waals surface area contributed by atoms with E-state index < -0.39 is 0 Å². The standard InChI is InChI=1S/C12H15NO/c14-10-7-11-3-5-12(6-4-11)13-8-1-2-9-13/h3-6,10H,1-2,7-9H2. The number of carbonyl (C=O) groups excluding carboxylic acids is 1. The quantitative estimate of drug-likeness (QED) is 0.678. The summed E-state index contributed by atoms with van der Waals surface area (Å²) in [5.74, 6) is 0. The van der Waals surface area contributed by atoms with Gasteiger partial charge in [-0.3, -0.25) is 0 Å². The third-order valence-electron chi connectivity index (χ3n) is 2.73. The first-order chi connectivity index (χ1) is 6.90. The molecular formula is C12H15NO. The van der Waals surface area contributed by atoms with Crippen LogP contribution >= 0.6 is 0 Å². The van der Waals surface area contributed by atoms with E-state index in [-0.39, 0.29) is 0 Å². The van der Waals surface area contributed by atoms with Gasteiger partial charge in [0.05, 0.1) is 0 Å². The van der Waals surface area contributed by atoms with Gasteiger partial charge in [0.15, 0.2) is 0 Å². The van der Waals surface area contributed by atoms with Crippen LogP contribution in [0.2, 0.25) is 0 Å². The molecule has 2 nitrogen and oxygen atoms in total. The van der Waals surface area contributed by atoms with Crippen molar-refractivity contribution in [1.29, 1.82) is 0 Å². The third kappa shape index (κ3) is 1.95. The van der Waals surface area contributed by atoms with Crippen LogP contribution in [0.1, 0.15) is 18.4 Å². The van der Waals surface area contributed by atoms with Crippen LogP contribution in [0.5, 0.6) is 0 Å². The molecule has 1 fully saturated rings. The molecule has 0 amide bonds. The van der Waals surface area contributed by atoms with Crippen LogP contribution in [-0.4, -0.2) is 19.4 Å². The SMILES string of the molecule is O=CCc1ccc(N2CCCC2)cc1. The first kappa shape index (κ1) is 9.25. The molecule has 0 radical (unpaired) electrons. The molecule has 0 aliphatic carbocycles. The van der Waals surface area contributed by atoms with Crippen molar-refractivity contribution in [1.82, 2.24) is 0 Å². The number of hydrogen-bond donors (Lipinski definition) is 0.